The van der Waals surface area contributed by atoms with E-state index in [0.29, 0.717) is 0 Å². The molecule has 0 fully saturated rings. The monoisotopic (exact) mass is 332 g/mol. The van der Waals surface area contributed by atoms with Gasteiger partial charge < -0.3 is 14.4 Å². The lowest BCUT2D eigenvalue weighted by Gasteiger charge is -2.21. The van der Waals surface area contributed by atoms with E-state index in [1.165, 1.54) is 17.0 Å². The molecule has 1 rings (SSSR count). The number of hydrogen-bond acceptors (Lipinski definition) is 5. The van der Waals surface area contributed by atoms with Crippen LogP contribution < -0.4 is 4.72 Å². The smallest absolute Gasteiger partial charge is 0.323 e. The molecule has 0 aliphatic rings. The van der Waals surface area contributed by atoms with Crippen LogP contribution in [0, 0.1) is 5.92 Å². The van der Waals surface area contributed by atoms with E-state index in [2.05, 4.69) is 4.72 Å². The third-order valence-corrected chi connectivity index (χ3v) is 3.25. The molecule has 0 aliphatic heterocycles. The molecule has 22 heavy (non-hydrogen) atoms. The molecular formula is C13H20N2O6S. The Hall–Kier alpha value is -1.87. The lowest BCUT2D eigenvalue weighted by Crippen LogP contribution is -2.38. The first-order chi connectivity index (χ1) is 10.1. The molecule has 0 atom stereocenters. The van der Waals surface area contributed by atoms with Crippen LogP contribution in [-0.2, 0) is 21.4 Å². The van der Waals surface area contributed by atoms with Crippen LogP contribution in [0.5, 0.6) is 0 Å². The van der Waals surface area contributed by atoms with Gasteiger partial charge in [-0.05, 0) is 18.1 Å². The molecular weight excluding hydrogens is 312 g/mol. The van der Waals surface area contributed by atoms with E-state index in [1.54, 1.807) is 0 Å². The molecule has 1 aromatic rings. The molecule has 0 radical (unpaired) electrons. The molecule has 124 valence electrons. The highest BCUT2D eigenvalue weighted by Gasteiger charge is 2.22. The Balaban J connectivity index is 2.81. The second-order valence-electron chi connectivity index (χ2n) is 5.33. The maximum absolute atomic E-state index is 12.3. The van der Waals surface area contributed by atoms with Crippen LogP contribution in [0.3, 0.4) is 0 Å². The number of hydrogen-bond donors (Lipinski definition) is 2. The van der Waals surface area contributed by atoms with E-state index >= 15 is 0 Å². The quantitative estimate of drug-likeness (QED) is 0.716. The molecule has 8 nitrogen and oxygen atoms in total. The molecule has 1 heterocycles. The lowest BCUT2D eigenvalue weighted by atomic mass is 10.2. The highest BCUT2D eigenvalue weighted by molar-refractivity contribution is 7.88. The standard InChI is InChI=1S/C13H20N2O6S/c1-9(2)7-15(8-12(16)17)13(18)11-5-4-10(21-11)6-14-22(3,19)20/h4-5,9,14H,6-8H2,1-3H3,(H,16,17). The number of sulfonamides is 1. The number of rotatable bonds is 8. The normalized spacial score (nSPS) is 11.6. The Labute approximate surface area is 129 Å². The Bertz CT molecular complexity index is 635. The van der Waals surface area contributed by atoms with Crippen molar-refractivity contribution in [1.29, 1.82) is 0 Å². The molecule has 0 aliphatic carbocycles. The number of amides is 1. The van der Waals surface area contributed by atoms with E-state index in [-0.39, 0.29) is 30.5 Å². The molecule has 0 aromatic carbocycles. The van der Waals surface area contributed by atoms with Gasteiger partial charge in [0.1, 0.15) is 12.3 Å². The second kappa shape index (κ2) is 7.41. The molecule has 1 aromatic heterocycles. The largest absolute Gasteiger partial charge is 0.480 e. The zero-order valence-corrected chi connectivity index (χ0v) is 13.5. The maximum Gasteiger partial charge on any atom is 0.323 e. The number of carbonyl (C=O) groups is 2. The Morgan fingerprint density at radius 3 is 2.50 bits per heavy atom. The number of nitrogens with one attached hydrogen (secondary N) is 1. The molecule has 0 saturated heterocycles. The molecule has 0 saturated carbocycles. The van der Waals surface area contributed by atoms with Crippen LogP contribution in [-0.4, -0.2) is 49.6 Å². The molecule has 0 bridgehead atoms. The molecule has 2 N–H and O–H groups in total. The van der Waals surface area contributed by atoms with Gasteiger partial charge in [-0.3, -0.25) is 9.59 Å². The van der Waals surface area contributed by atoms with Crippen molar-refractivity contribution >= 4 is 21.9 Å². The summed E-state index contributed by atoms with van der Waals surface area (Å²) in [5.41, 5.74) is 0. The average molecular weight is 332 g/mol. The zero-order chi connectivity index (χ0) is 16.9. The topological polar surface area (TPSA) is 117 Å². The second-order valence-corrected chi connectivity index (χ2v) is 7.17. The molecule has 1 amide bonds. The van der Waals surface area contributed by atoms with E-state index < -0.39 is 28.4 Å². The summed E-state index contributed by atoms with van der Waals surface area (Å²) in [6.07, 6.45) is 1.01. The predicted molar refractivity (Wildman–Crippen MR) is 78.8 cm³/mol. The third kappa shape index (κ3) is 6.27. The van der Waals surface area contributed by atoms with Gasteiger partial charge in [-0.25, -0.2) is 13.1 Å². The maximum atomic E-state index is 12.3. The van der Waals surface area contributed by atoms with Crippen molar-refractivity contribution in [2.75, 3.05) is 19.3 Å². The minimum Gasteiger partial charge on any atom is -0.480 e. The van der Waals surface area contributed by atoms with Crippen molar-refractivity contribution in [3.05, 3.63) is 23.7 Å². The summed E-state index contributed by atoms with van der Waals surface area (Å²) in [4.78, 5) is 24.3. The summed E-state index contributed by atoms with van der Waals surface area (Å²) in [6, 6.07) is 2.87. The van der Waals surface area contributed by atoms with E-state index in [4.69, 9.17) is 9.52 Å². The SMILES string of the molecule is CC(C)CN(CC(=O)O)C(=O)c1ccc(CNS(C)(=O)=O)o1. The first-order valence-corrected chi connectivity index (χ1v) is 8.52. The average Bonchev–Trinajstić information content (AvgIpc) is 2.81. The molecule has 0 unspecified atom stereocenters. The van der Waals surface area contributed by atoms with Gasteiger partial charge in [0.15, 0.2) is 5.76 Å². The van der Waals surface area contributed by atoms with E-state index in [0.717, 1.165) is 6.26 Å². The summed E-state index contributed by atoms with van der Waals surface area (Å²) in [5, 5.41) is 8.87. The van der Waals surface area contributed by atoms with Crippen LogP contribution in [0.4, 0.5) is 0 Å². The summed E-state index contributed by atoms with van der Waals surface area (Å²) < 4.78 is 29.5. The summed E-state index contributed by atoms with van der Waals surface area (Å²) in [5.74, 6) is -1.30. The minimum absolute atomic E-state index is 0.0211. The van der Waals surface area contributed by atoms with Crippen molar-refractivity contribution in [2.24, 2.45) is 5.92 Å². The number of carbonyl (C=O) groups excluding carboxylic acids is 1. The summed E-state index contributed by atoms with van der Waals surface area (Å²) in [6.45, 7) is 3.52. The molecule has 0 spiro atoms. The number of carboxylic acids is 1. The van der Waals surface area contributed by atoms with Gasteiger partial charge in [-0.2, -0.15) is 0 Å². The fraction of sp³-hybridized carbons (Fsp3) is 0.538. The van der Waals surface area contributed by atoms with Gasteiger partial charge in [0.05, 0.1) is 12.8 Å². The van der Waals surface area contributed by atoms with Gasteiger partial charge in [0.25, 0.3) is 5.91 Å². The Morgan fingerprint density at radius 2 is 2.00 bits per heavy atom. The minimum atomic E-state index is -3.36. The van der Waals surface area contributed by atoms with Crippen LogP contribution in [0.15, 0.2) is 16.5 Å². The summed E-state index contributed by atoms with van der Waals surface area (Å²) in [7, 11) is -3.36. The van der Waals surface area contributed by atoms with Crippen molar-refractivity contribution in [2.45, 2.75) is 20.4 Å². The number of nitrogens with zero attached hydrogens (tertiary/aromatic N) is 1. The van der Waals surface area contributed by atoms with Gasteiger partial charge in [-0.1, -0.05) is 13.8 Å². The highest BCUT2D eigenvalue weighted by atomic mass is 32.2. The van der Waals surface area contributed by atoms with Crippen molar-refractivity contribution < 1.29 is 27.5 Å². The van der Waals surface area contributed by atoms with Gasteiger partial charge in [-0.15, -0.1) is 0 Å². The van der Waals surface area contributed by atoms with Crippen LogP contribution in [0.25, 0.3) is 0 Å². The number of furan rings is 1. The third-order valence-electron chi connectivity index (χ3n) is 2.58. The van der Waals surface area contributed by atoms with Gasteiger partial charge in [0.2, 0.25) is 10.0 Å². The van der Waals surface area contributed by atoms with Gasteiger partial charge in [0, 0.05) is 6.54 Å². The van der Waals surface area contributed by atoms with Crippen molar-refractivity contribution in [1.82, 2.24) is 9.62 Å². The zero-order valence-electron chi connectivity index (χ0n) is 12.7. The van der Waals surface area contributed by atoms with E-state index in [1.807, 2.05) is 13.8 Å². The van der Waals surface area contributed by atoms with Crippen LogP contribution in [0.1, 0.15) is 30.2 Å². The lowest BCUT2D eigenvalue weighted by molar-refractivity contribution is -0.137. The predicted octanol–water partition coefficient (Wildman–Crippen LogP) is 0.512. The fourth-order valence-electron chi connectivity index (χ4n) is 1.77. The van der Waals surface area contributed by atoms with Crippen molar-refractivity contribution in [3.63, 3.8) is 0 Å². The van der Waals surface area contributed by atoms with Crippen LogP contribution in [0.2, 0.25) is 0 Å². The molecule has 9 heteroatoms. The van der Waals surface area contributed by atoms with Gasteiger partial charge >= 0.3 is 5.97 Å². The Morgan fingerprint density at radius 1 is 1.36 bits per heavy atom. The number of aliphatic carboxylic acids is 1. The Kier molecular flexibility index (Phi) is 6.12. The van der Waals surface area contributed by atoms with Crippen molar-refractivity contribution in [3.8, 4) is 0 Å². The highest BCUT2D eigenvalue weighted by Crippen LogP contribution is 2.12. The first kappa shape index (κ1) is 18.2. The van der Waals surface area contributed by atoms with Crippen LogP contribution >= 0.6 is 0 Å². The summed E-state index contributed by atoms with van der Waals surface area (Å²) >= 11 is 0. The number of carboxylic acid groups (broad SMARTS) is 1. The van der Waals surface area contributed by atoms with E-state index in [9.17, 15) is 18.0 Å². The first-order valence-electron chi connectivity index (χ1n) is 6.63. The fourth-order valence-corrected chi connectivity index (χ4v) is 2.17.